The minimum atomic E-state index is -3.39. The van der Waals surface area contributed by atoms with E-state index in [2.05, 4.69) is 17.6 Å². The largest absolute Gasteiger partial charge is 0.474 e. The van der Waals surface area contributed by atoms with E-state index in [1.165, 1.54) is 19.3 Å². The Hall–Kier alpha value is -0.450. The number of rotatable bonds is 15. The molecule has 0 saturated carbocycles. The zero-order valence-corrected chi connectivity index (χ0v) is 15.6. The summed E-state index contributed by atoms with van der Waals surface area (Å²) in [4.78, 5) is 2.32. The first-order valence-electron chi connectivity index (χ1n) is 8.68. The van der Waals surface area contributed by atoms with Crippen LogP contribution in [0.25, 0.3) is 0 Å². The van der Waals surface area contributed by atoms with Crippen molar-refractivity contribution < 1.29 is 18.1 Å². The highest BCUT2D eigenvalue weighted by molar-refractivity contribution is 7.48. The van der Waals surface area contributed by atoms with Gasteiger partial charge in [0.05, 0.1) is 19.8 Å². The van der Waals surface area contributed by atoms with Gasteiger partial charge in [-0.05, 0) is 52.5 Å². The Morgan fingerprint density at radius 3 is 2.43 bits per heavy atom. The van der Waals surface area contributed by atoms with Crippen LogP contribution in [0.4, 0.5) is 0 Å². The third-order valence-corrected chi connectivity index (χ3v) is 5.40. The molecule has 0 unspecified atom stereocenters. The van der Waals surface area contributed by atoms with E-state index in [0.29, 0.717) is 19.8 Å². The SMILES string of the molecule is C=CCCN(CCCC1=CCC1)CCOP(=O)(OCC)OCC. The van der Waals surface area contributed by atoms with Crippen LogP contribution in [0.3, 0.4) is 0 Å². The number of phosphoric ester groups is 1. The summed E-state index contributed by atoms with van der Waals surface area (Å²) in [6, 6.07) is 0. The molecule has 134 valence electrons. The predicted molar refractivity (Wildman–Crippen MR) is 94.6 cm³/mol. The Kier molecular flexibility index (Phi) is 10.7. The standard InChI is InChI=1S/C17H32NO4P/c1-4-7-13-18(14-9-12-17-10-8-11-17)15-16-22-23(19,20-5-2)21-6-3/h4,10H,1,5-9,11-16H2,2-3H3. The maximum absolute atomic E-state index is 12.2. The lowest BCUT2D eigenvalue weighted by molar-refractivity contribution is 0.108. The molecule has 0 fully saturated rings. The summed E-state index contributed by atoms with van der Waals surface area (Å²) in [5, 5.41) is 0. The van der Waals surface area contributed by atoms with E-state index in [1.807, 2.05) is 6.08 Å². The van der Waals surface area contributed by atoms with Crippen molar-refractivity contribution in [3.05, 3.63) is 24.3 Å². The molecule has 1 aliphatic carbocycles. The molecule has 0 atom stereocenters. The molecule has 0 bridgehead atoms. The molecule has 5 nitrogen and oxygen atoms in total. The van der Waals surface area contributed by atoms with Gasteiger partial charge in [-0.15, -0.1) is 6.58 Å². The highest BCUT2D eigenvalue weighted by Crippen LogP contribution is 2.48. The van der Waals surface area contributed by atoms with Crippen LogP contribution in [-0.2, 0) is 18.1 Å². The van der Waals surface area contributed by atoms with Crippen molar-refractivity contribution in [1.29, 1.82) is 0 Å². The van der Waals surface area contributed by atoms with Crippen molar-refractivity contribution in [3.63, 3.8) is 0 Å². The molecular weight excluding hydrogens is 313 g/mol. The lowest BCUT2D eigenvalue weighted by Gasteiger charge is -2.24. The molecule has 23 heavy (non-hydrogen) atoms. The van der Waals surface area contributed by atoms with Crippen LogP contribution in [0.2, 0.25) is 0 Å². The molecule has 0 aliphatic heterocycles. The number of phosphoric acid groups is 1. The first kappa shape index (κ1) is 20.6. The second kappa shape index (κ2) is 12.0. The van der Waals surface area contributed by atoms with Crippen molar-refractivity contribution in [1.82, 2.24) is 4.90 Å². The van der Waals surface area contributed by atoms with Gasteiger partial charge in [0, 0.05) is 13.1 Å². The summed E-state index contributed by atoms with van der Waals surface area (Å²) in [7, 11) is -3.39. The van der Waals surface area contributed by atoms with Crippen LogP contribution in [0.5, 0.6) is 0 Å². The highest BCUT2D eigenvalue weighted by Gasteiger charge is 2.25. The van der Waals surface area contributed by atoms with E-state index in [-0.39, 0.29) is 0 Å². The van der Waals surface area contributed by atoms with E-state index in [0.717, 1.165) is 32.5 Å². The third kappa shape index (κ3) is 8.83. The van der Waals surface area contributed by atoms with E-state index < -0.39 is 7.82 Å². The minimum Gasteiger partial charge on any atom is -0.301 e. The summed E-state index contributed by atoms with van der Waals surface area (Å²) in [5.74, 6) is 0. The fourth-order valence-electron chi connectivity index (χ4n) is 2.42. The third-order valence-electron chi connectivity index (χ3n) is 3.75. The fraction of sp³-hybridized carbons (Fsp3) is 0.765. The maximum atomic E-state index is 12.2. The fourth-order valence-corrected chi connectivity index (χ4v) is 3.59. The summed E-state index contributed by atoms with van der Waals surface area (Å²) >= 11 is 0. The van der Waals surface area contributed by atoms with E-state index in [4.69, 9.17) is 13.6 Å². The molecule has 0 radical (unpaired) electrons. The van der Waals surface area contributed by atoms with Crippen LogP contribution in [-0.4, -0.2) is 44.4 Å². The molecule has 0 aromatic carbocycles. The Labute approximate surface area is 141 Å². The van der Waals surface area contributed by atoms with Gasteiger partial charge in [-0.1, -0.05) is 17.7 Å². The van der Waals surface area contributed by atoms with Gasteiger partial charge >= 0.3 is 7.82 Å². The Balaban J connectivity index is 2.32. The highest BCUT2D eigenvalue weighted by atomic mass is 31.2. The topological polar surface area (TPSA) is 48.0 Å². The lowest BCUT2D eigenvalue weighted by Crippen LogP contribution is -2.29. The van der Waals surface area contributed by atoms with Crippen LogP contribution in [0.15, 0.2) is 24.3 Å². The van der Waals surface area contributed by atoms with E-state index >= 15 is 0 Å². The van der Waals surface area contributed by atoms with Crippen LogP contribution in [0, 0.1) is 0 Å². The van der Waals surface area contributed by atoms with Gasteiger partial charge in [0.25, 0.3) is 0 Å². The molecule has 1 rings (SSSR count). The number of allylic oxidation sites excluding steroid dienone is 2. The van der Waals surface area contributed by atoms with Crippen molar-refractivity contribution in [2.24, 2.45) is 0 Å². The maximum Gasteiger partial charge on any atom is 0.474 e. The monoisotopic (exact) mass is 345 g/mol. The zero-order valence-electron chi connectivity index (χ0n) is 14.7. The van der Waals surface area contributed by atoms with Crippen LogP contribution in [0.1, 0.15) is 46.0 Å². The summed E-state index contributed by atoms with van der Waals surface area (Å²) < 4.78 is 27.9. The van der Waals surface area contributed by atoms with Crippen molar-refractivity contribution in [3.8, 4) is 0 Å². The zero-order chi connectivity index (χ0) is 17.0. The molecule has 0 spiro atoms. The Bertz CT molecular complexity index is 401. The lowest BCUT2D eigenvalue weighted by atomic mass is 9.95. The minimum absolute atomic E-state index is 0.312. The molecule has 1 aliphatic rings. The second-order valence-electron chi connectivity index (χ2n) is 5.54. The first-order valence-corrected chi connectivity index (χ1v) is 10.1. The average Bonchev–Trinajstić information content (AvgIpc) is 2.47. The molecule has 6 heteroatoms. The molecule has 0 heterocycles. The summed E-state index contributed by atoms with van der Waals surface area (Å²) in [6.07, 6.45) is 10.0. The second-order valence-corrected chi connectivity index (χ2v) is 7.21. The molecule has 0 saturated heterocycles. The number of hydrogen-bond donors (Lipinski definition) is 0. The quantitative estimate of drug-likeness (QED) is 0.322. The molecule has 0 amide bonds. The molecule has 0 aromatic heterocycles. The van der Waals surface area contributed by atoms with Gasteiger partial charge in [0.1, 0.15) is 0 Å². The van der Waals surface area contributed by atoms with Gasteiger partial charge in [-0.3, -0.25) is 13.6 Å². The van der Waals surface area contributed by atoms with Crippen molar-refractivity contribution >= 4 is 7.82 Å². The summed E-state index contributed by atoms with van der Waals surface area (Å²) in [6.45, 7) is 11.0. The molecule has 0 N–H and O–H groups in total. The number of nitrogens with zero attached hydrogens (tertiary/aromatic N) is 1. The number of hydrogen-bond acceptors (Lipinski definition) is 5. The molecule has 0 aromatic rings. The van der Waals surface area contributed by atoms with Gasteiger partial charge in [0.15, 0.2) is 0 Å². The van der Waals surface area contributed by atoms with Gasteiger partial charge in [0.2, 0.25) is 0 Å². The summed E-state index contributed by atoms with van der Waals surface area (Å²) in [5.41, 5.74) is 1.59. The van der Waals surface area contributed by atoms with Gasteiger partial charge in [-0.25, -0.2) is 4.57 Å². The first-order chi connectivity index (χ1) is 11.1. The van der Waals surface area contributed by atoms with E-state index in [9.17, 15) is 4.57 Å². The van der Waals surface area contributed by atoms with Gasteiger partial charge < -0.3 is 4.90 Å². The van der Waals surface area contributed by atoms with Crippen LogP contribution < -0.4 is 0 Å². The van der Waals surface area contributed by atoms with E-state index in [1.54, 1.807) is 19.4 Å². The van der Waals surface area contributed by atoms with Crippen molar-refractivity contribution in [2.45, 2.75) is 46.0 Å². The van der Waals surface area contributed by atoms with Gasteiger partial charge in [-0.2, -0.15) is 0 Å². The molecular formula is C17H32NO4P. The van der Waals surface area contributed by atoms with Crippen LogP contribution >= 0.6 is 7.82 Å². The Morgan fingerprint density at radius 1 is 1.22 bits per heavy atom. The average molecular weight is 345 g/mol. The predicted octanol–water partition coefficient (Wildman–Crippen LogP) is 4.56. The normalized spacial score (nSPS) is 14.7. The smallest absolute Gasteiger partial charge is 0.301 e. The Morgan fingerprint density at radius 2 is 1.91 bits per heavy atom. The van der Waals surface area contributed by atoms with Crippen molar-refractivity contribution in [2.75, 3.05) is 39.5 Å².